The highest BCUT2D eigenvalue weighted by Crippen LogP contribution is 2.38. The molecule has 2 aliphatic heterocycles. The maximum absolute atomic E-state index is 10.5. The summed E-state index contributed by atoms with van der Waals surface area (Å²) in [5.41, 5.74) is 0. The van der Waals surface area contributed by atoms with Crippen molar-refractivity contribution < 1.29 is 77.5 Å². The van der Waals surface area contributed by atoms with E-state index in [-0.39, 0.29) is 37.9 Å². The van der Waals surface area contributed by atoms with E-state index in [0.717, 1.165) is 0 Å². The van der Waals surface area contributed by atoms with E-state index in [1.165, 1.54) is 12.1 Å². The van der Waals surface area contributed by atoms with E-state index in [1.54, 1.807) is 24.3 Å². The summed E-state index contributed by atoms with van der Waals surface area (Å²) in [6.07, 6.45) is -0.874. The van der Waals surface area contributed by atoms with Crippen molar-refractivity contribution in [2.75, 3.05) is 39.6 Å². The van der Waals surface area contributed by atoms with E-state index in [9.17, 15) is 16.8 Å². The van der Waals surface area contributed by atoms with Crippen LogP contribution in [0, 0.1) is 0 Å². The van der Waals surface area contributed by atoms with Crippen LogP contribution in [-0.2, 0) is 48.7 Å². The van der Waals surface area contributed by atoms with Crippen LogP contribution in [-0.4, -0.2) is 78.2 Å². The SMILES string of the molecule is O=S(=O)(O)OOCCOc1cc(Oc2ccc(OC3CO3)c(OCCOOS(=O)(=O)O)c2)ccc1OC1CO1. The van der Waals surface area contributed by atoms with Gasteiger partial charge in [0, 0.05) is 12.1 Å². The zero-order valence-electron chi connectivity index (χ0n) is 19.7. The molecule has 0 saturated carbocycles. The summed E-state index contributed by atoms with van der Waals surface area (Å²) >= 11 is 0. The van der Waals surface area contributed by atoms with Crippen LogP contribution in [0.25, 0.3) is 0 Å². The minimum absolute atomic E-state index is 0.183. The smallest absolute Gasteiger partial charge is 0.424 e. The molecule has 4 rings (SSSR count). The third kappa shape index (κ3) is 11.0. The van der Waals surface area contributed by atoms with E-state index in [2.05, 4.69) is 18.4 Å². The number of hydrogen-bond donors (Lipinski definition) is 2. The topological polar surface area (TPSA) is 217 Å². The van der Waals surface area contributed by atoms with Crippen LogP contribution in [0.5, 0.6) is 34.5 Å². The van der Waals surface area contributed by atoms with Crippen molar-refractivity contribution in [3.63, 3.8) is 0 Å². The molecule has 2 saturated heterocycles. The van der Waals surface area contributed by atoms with Gasteiger partial charge in [0.25, 0.3) is 0 Å². The van der Waals surface area contributed by atoms with Gasteiger partial charge in [0.05, 0.1) is 0 Å². The Bertz CT molecular complexity index is 1220. The first-order valence-corrected chi connectivity index (χ1v) is 13.6. The molecule has 19 heteroatoms. The Labute approximate surface area is 221 Å². The summed E-state index contributed by atoms with van der Waals surface area (Å²) in [6.45, 7) is -0.265. The van der Waals surface area contributed by atoms with Crippen molar-refractivity contribution in [1.29, 1.82) is 0 Å². The average Bonchev–Trinajstić information content (AvgIpc) is 3.77. The van der Waals surface area contributed by atoms with E-state index >= 15 is 0 Å². The Morgan fingerprint density at radius 2 is 1.08 bits per heavy atom. The van der Waals surface area contributed by atoms with Gasteiger partial charge in [-0.25, -0.2) is 9.78 Å². The van der Waals surface area contributed by atoms with Crippen LogP contribution in [0.2, 0.25) is 0 Å². The molecule has 0 amide bonds. The van der Waals surface area contributed by atoms with E-state index < -0.39 is 33.4 Å². The van der Waals surface area contributed by atoms with E-state index in [0.29, 0.717) is 36.2 Å². The van der Waals surface area contributed by atoms with Crippen molar-refractivity contribution in [3.8, 4) is 34.5 Å². The third-order valence-corrected chi connectivity index (χ3v) is 4.84. The lowest BCUT2D eigenvalue weighted by Crippen LogP contribution is -2.12. The Balaban J connectivity index is 1.40. The van der Waals surface area contributed by atoms with Crippen LogP contribution in [0.3, 0.4) is 0 Å². The fourth-order valence-electron chi connectivity index (χ4n) is 2.72. The molecule has 0 aliphatic carbocycles. The summed E-state index contributed by atoms with van der Waals surface area (Å²) < 4.78 is 105. The summed E-state index contributed by atoms with van der Waals surface area (Å²) in [4.78, 5) is 8.69. The van der Waals surface area contributed by atoms with Gasteiger partial charge in [-0.2, -0.15) is 16.8 Å². The quantitative estimate of drug-likeness (QED) is 0.0810. The van der Waals surface area contributed by atoms with Gasteiger partial charge in [0.1, 0.15) is 51.1 Å². The predicted octanol–water partition coefficient (Wildman–Crippen LogP) is 1.21. The van der Waals surface area contributed by atoms with Gasteiger partial charge < -0.3 is 33.2 Å². The molecule has 2 heterocycles. The van der Waals surface area contributed by atoms with Gasteiger partial charge >= 0.3 is 20.8 Å². The van der Waals surface area contributed by atoms with Crippen LogP contribution >= 0.6 is 0 Å². The molecule has 2 aromatic rings. The number of rotatable bonds is 18. The molecule has 0 bridgehead atoms. The lowest BCUT2D eigenvalue weighted by atomic mass is 10.2. The standard InChI is InChI=1S/C20H22O17S2/c21-38(22,23)36-31-7-5-27-17-9-13(1-3-15(17)34-19-11-29-19)33-14-2-4-16(35-20-12-30-20)18(10-14)28-6-8-32-37-39(24,25)26/h1-4,9-10,19-20H,5-8,11-12H2,(H,21,22,23)(H,24,25,26). The fourth-order valence-corrected chi connectivity index (χ4v) is 3.10. The van der Waals surface area contributed by atoms with Crippen molar-refractivity contribution >= 4 is 20.8 Å². The highest BCUT2D eigenvalue weighted by Gasteiger charge is 2.27. The number of benzene rings is 2. The Kier molecular flexibility index (Phi) is 9.61. The maximum Gasteiger partial charge on any atom is 0.424 e. The molecule has 0 aromatic heterocycles. The lowest BCUT2D eigenvalue weighted by Gasteiger charge is -2.15. The first kappa shape index (κ1) is 29.0. The Morgan fingerprint density at radius 3 is 1.44 bits per heavy atom. The molecular formula is C20H22O17S2. The van der Waals surface area contributed by atoms with Gasteiger partial charge in [-0.15, -0.1) is 0 Å². The second kappa shape index (κ2) is 12.9. The molecule has 2 fully saturated rings. The van der Waals surface area contributed by atoms with Gasteiger partial charge in [0.2, 0.25) is 12.6 Å². The van der Waals surface area contributed by atoms with Gasteiger partial charge in [-0.1, -0.05) is 8.67 Å². The van der Waals surface area contributed by atoms with E-state index in [1.807, 2.05) is 0 Å². The predicted molar refractivity (Wildman–Crippen MR) is 122 cm³/mol. The monoisotopic (exact) mass is 598 g/mol. The Morgan fingerprint density at radius 1 is 0.667 bits per heavy atom. The fraction of sp³-hybridized carbons (Fsp3) is 0.400. The largest absolute Gasteiger partial charge is 0.487 e. The number of hydrogen-bond acceptors (Lipinski definition) is 15. The zero-order valence-corrected chi connectivity index (χ0v) is 21.3. The summed E-state index contributed by atoms with van der Waals surface area (Å²) in [5.74, 6) is 1.64. The first-order chi connectivity index (χ1) is 18.5. The summed E-state index contributed by atoms with van der Waals surface area (Å²) in [5, 5.41) is 0. The first-order valence-electron chi connectivity index (χ1n) is 10.9. The molecule has 2 aliphatic rings. The molecule has 2 unspecified atom stereocenters. The zero-order chi connectivity index (χ0) is 27.9. The van der Waals surface area contributed by atoms with Gasteiger partial charge in [-0.3, -0.25) is 9.11 Å². The molecule has 2 atom stereocenters. The van der Waals surface area contributed by atoms with Gasteiger partial charge in [-0.05, 0) is 24.3 Å². The van der Waals surface area contributed by atoms with Crippen LogP contribution in [0.4, 0.5) is 0 Å². The molecule has 0 radical (unpaired) electrons. The average molecular weight is 599 g/mol. The molecule has 2 N–H and O–H groups in total. The molecule has 17 nitrogen and oxygen atoms in total. The maximum atomic E-state index is 10.5. The van der Waals surface area contributed by atoms with Crippen molar-refractivity contribution in [1.82, 2.24) is 0 Å². The third-order valence-electron chi connectivity index (χ3n) is 4.31. The minimum Gasteiger partial charge on any atom is -0.487 e. The lowest BCUT2D eigenvalue weighted by molar-refractivity contribution is -0.211. The highest BCUT2D eigenvalue weighted by molar-refractivity contribution is 7.81. The molecular weight excluding hydrogens is 576 g/mol. The molecule has 216 valence electrons. The molecule has 39 heavy (non-hydrogen) atoms. The normalized spacial score (nSPS) is 18.3. The second-order valence-electron chi connectivity index (χ2n) is 7.41. The number of ether oxygens (including phenoxy) is 7. The minimum atomic E-state index is -4.76. The van der Waals surface area contributed by atoms with Gasteiger partial charge in [0.15, 0.2) is 23.0 Å². The molecule has 0 spiro atoms. The molecule has 2 aromatic carbocycles. The van der Waals surface area contributed by atoms with Crippen LogP contribution < -0.4 is 23.7 Å². The van der Waals surface area contributed by atoms with Crippen LogP contribution in [0.1, 0.15) is 0 Å². The van der Waals surface area contributed by atoms with E-state index in [4.69, 9.17) is 42.3 Å². The highest BCUT2D eigenvalue weighted by atomic mass is 32.3. The summed E-state index contributed by atoms with van der Waals surface area (Å²) in [6, 6.07) is 9.29. The summed E-state index contributed by atoms with van der Waals surface area (Å²) in [7, 11) is -9.53. The van der Waals surface area contributed by atoms with Crippen LogP contribution in [0.15, 0.2) is 36.4 Å². The Hall–Kier alpha value is -2.98. The van der Waals surface area contributed by atoms with Crippen molar-refractivity contribution in [2.45, 2.75) is 12.6 Å². The van der Waals surface area contributed by atoms with Crippen molar-refractivity contribution in [3.05, 3.63) is 36.4 Å². The second-order valence-corrected chi connectivity index (χ2v) is 9.40. The number of epoxide rings is 2. The van der Waals surface area contributed by atoms with Crippen molar-refractivity contribution in [2.24, 2.45) is 0 Å².